The van der Waals surface area contributed by atoms with E-state index in [-0.39, 0.29) is 5.91 Å². The maximum absolute atomic E-state index is 13.0. The number of rotatable bonds is 4. The molecule has 0 aliphatic heterocycles. The molecular formula is C21H20N4O2. The van der Waals surface area contributed by atoms with Crippen LogP contribution in [0, 0.1) is 13.8 Å². The van der Waals surface area contributed by atoms with Gasteiger partial charge in [-0.3, -0.25) is 9.48 Å². The first-order valence-electron chi connectivity index (χ1n) is 8.75. The van der Waals surface area contributed by atoms with Crippen LogP contribution in [0.1, 0.15) is 27.2 Å². The molecule has 0 spiro atoms. The van der Waals surface area contributed by atoms with Crippen molar-refractivity contribution in [2.75, 3.05) is 0 Å². The van der Waals surface area contributed by atoms with Crippen molar-refractivity contribution in [3.8, 4) is 11.5 Å². The lowest BCUT2D eigenvalue weighted by molar-refractivity contribution is 0.0952. The van der Waals surface area contributed by atoms with Crippen LogP contribution in [-0.4, -0.2) is 20.7 Å². The number of aromatic nitrogens is 3. The fourth-order valence-electron chi connectivity index (χ4n) is 3.25. The summed E-state index contributed by atoms with van der Waals surface area (Å²) in [6.45, 7) is 4.38. The van der Waals surface area contributed by atoms with Crippen molar-refractivity contribution in [1.82, 2.24) is 20.1 Å². The van der Waals surface area contributed by atoms with Crippen LogP contribution in [-0.2, 0) is 13.6 Å². The Hall–Kier alpha value is -3.41. The Kier molecular flexibility index (Phi) is 4.24. The number of hydrogen-bond donors (Lipinski definition) is 1. The van der Waals surface area contributed by atoms with E-state index in [4.69, 9.17) is 4.42 Å². The van der Waals surface area contributed by atoms with E-state index in [9.17, 15) is 4.79 Å². The predicted molar refractivity (Wildman–Crippen MR) is 103 cm³/mol. The Morgan fingerprint density at radius 2 is 2.00 bits per heavy atom. The molecular weight excluding hydrogens is 340 g/mol. The fraction of sp³-hybridized carbons (Fsp3) is 0.190. The minimum absolute atomic E-state index is 0.158. The van der Waals surface area contributed by atoms with Crippen LogP contribution in [0.4, 0.5) is 0 Å². The maximum Gasteiger partial charge on any atom is 0.252 e. The van der Waals surface area contributed by atoms with Gasteiger partial charge in [-0.1, -0.05) is 24.3 Å². The van der Waals surface area contributed by atoms with Crippen LogP contribution >= 0.6 is 0 Å². The third-order valence-corrected chi connectivity index (χ3v) is 4.69. The molecule has 3 aromatic heterocycles. The van der Waals surface area contributed by atoms with Gasteiger partial charge in [0.15, 0.2) is 11.4 Å². The minimum Gasteiger partial charge on any atom is -0.463 e. The van der Waals surface area contributed by atoms with E-state index in [1.807, 2.05) is 51.2 Å². The molecule has 0 bridgehead atoms. The third-order valence-electron chi connectivity index (χ3n) is 4.69. The Morgan fingerprint density at radius 1 is 1.19 bits per heavy atom. The highest BCUT2D eigenvalue weighted by atomic mass is 16.3. The number of fused-ring (bicyclic) bond motifs is 1. The molecule has 0 atom stereocenters. The number of benzene rings is 1. The number of nitrogens with zero attached hydrogens (tertiary/aromatic N) is 3. The van der Waals surface area contributed by atoms with Crippen LogP contribution in [0.5, 0.6) is 0 Å². The molecule has 1 N–H and O–H groups in total. The van der Waals surface area contributed by atoms with Crippen LogP contribution < -0.4 is 5.32 Å². The molecule has 1 amide bonds. The number of nitrogens with one attached hydrogen (secondary N) is 1. The summed E-state index contributed by atoms with van der Waals surface area (Å²) in [4.78, 5) is 17.7. The van der Waals surface area contributed by atoms with Gasteiger partial charge in [-0.05, 0) is 43.2 Å². The zero-order valence-corrected chi connectivity index (χ0v) is 15.5. The third kappa shape index (κ3) is 3.10. The number of furan rings is 1. The number of aryl methyl sites for hydroxylation is 3. The lowest BCUT2D eigenvalue weighted by Crippen LogP contribution is -2.23. The lowest BCUT2D eigenvalue weighted by Gasteiger charge is -2.10. The molecule has 0 radical (unpaired) electrons. The highest BCUT2D eigenvalue weighted by Gasteiger charge is 2.20. The van der Waals surface area contributed by atoms with E-state index in [2.05, 4.69) is 15.4 Å². The van der Waals surface area contributed by atoms with E-state index >= 15 is 0 Å². The molecule has 6 heteroatoms. The normalized spacial score (nSPS) is 11.1. The molecule has 27 heavy (non-hydrogen) atoms. The van der Waals surface area contributed by atoms with Crippen molar-refractivity contribution in [3.05, 3.63) is 71.1 Å². The SMILES string of the molecule is Cc1ccccc1CNC(=O)c1cc(-c2ccco2)nc2c1c(C)nn2C. The number of hydrogen-bond acceptors (Lipinski definition) is 4. The molecule has 0 aliphatic carbocycles. The van der Waals surface area contributed by atoms with E-state index in [0.717, 1.165) is 22.2 Å². The van der Waals surface area contributed by atoms with Gasteiger partial charge < -0.3 is 9.73 Å². The summed E-state index contributed by atoms with van der Waals surface area (Å²) in [6, 6.07) is 13.4. The molecule has 0 saturated heterocycles. The van der Waals surface area contributed by atoms with Crippen LogP contribution in [0.15, 0.2) is 53.1 Å². The van der Waals surface area contributed by atoms with E-state index < -0.39 is 0 Å². The Balaban J connectivity index is 1.75. The summed E-state index contributed by atoms with van der Waals surface area (Å²) in [5.41, 5.74) is 4.81. The maximum atomic E-state index is 13.0. The van der Waals surface area contributed by atoms with Crippen LogP contribution in [0.2, 0.25) is 0 Å². The first-order valence-corrected chi connectivity index (χ1v) is 8.75. The monoisotopic (exact) mass is 360 g/mol. The van der Waals surface area contributed by atoms with Gasteiger partial charge in [0, 0.05) is 13.6 Å². The molecule has 3 heterocycles. The van der Waals surface area contributed by atoms with Gasteiger partial charge in [0.05, 0.1) is 22.9 Å². The van der Waals surface area contributed by atoms with Crippen molar-refractivity contribution in [2.45, 2.75) is 20.4 Å². The van der Waals surface area contributed by atoms with E-state index in [1.54, 1.807) is 23.1 Å². The summed E-state index contributed by atoms with van der Waals surface area (Å²) in [5.74, 6) is 0.457. The topological polar surface area (TPSA) is 73.0 Å². The van der Waals surface area contributed by atoms with Crippen molar-refractivity contribution in [3.63, 3.8) is 0 Å². The largest absolute Gasteiger partial charge is 0.463 e. The lowest BCUT2D eigenvalue weighted by atomic mass is 10.1. The van der Waals surface area contributed by atoms with Crippen LogP contribution in [0.3, 0.4) is 0 Å². The number of pyridine rings is 1. The average molecular weight is 360 g/mol. The average Bonchev–Trinajstić information content (AvgIpc) is 3.29. The van der Waals surface area contributed by atoms with Gasteiger partial charge >= 0.3 is 0 Å². The Labute approximate surface area is 156 Å². The summed E-state index contributed by atoms with van der Waals surface area (Å²) >= 11 is 0. The first kappa shape index (κ1) is 17.0. The molecule has 4 rings (SSSR count). The molecule has 4 aromatic rings. The second kappa shape index (κ2) is 6.72. The quantitative estimate of drug-likeness (QED) is 0.601. The molecule has 0 aliphatic rings. The van der Waals surface area contributed by atoms with Crippen LogP contribution in [0.25, 0.3) is 22.5 Å². The Bertz CT molecular complexity index is 1130. The van der Waals surface area contributed by atoms with E-state index in [0.29, 0.717) is 29.2 Å². The van der Waals surface area contributed by atoms with Gasteiger partial charge in [0.25, 0.3) is 5.91 Å². The molecule has 6 nitrogen and oxygen atoms in total. The van der Waals surface area contributed by atoms with E-state index in [1.165, 1.54) is 0 Å². The first-order chi connectivity index (χ1) is 13.0. The zero-order valence-electron chi connectivity index (χ0n) is 15.5. The second-order valence-corrected chi connectivity index (χ2v) is 6.55. The highest BCUT2D eigenvalue weighted by molar-refractivity contribution is 6.07. The molecule has 136 valence electrons. The van der Waals surface area contributed by atoms with Gasteiger partial charge in [-0.15, -0.1) is 0 Å². The van der Waals surface area contributed by atoms with Gasteiger partial charge in [-0.2, -0.15) is 5.10 Å². The van der Waals surface area contributed by atoms with Gasteiger partial charge in [0.2, 0.25) is 0 Å². The van der Waals surface area contributed by atoms with Gasteiger partial charge in [-0.25, -0.2) is 4.98 Å². The molecule has 0 fully saturated rings. The van der Waals surface area contributed by atoms with Crippen molar-refractivity contribution in [1.29, 1.82) is 0 Å². The van der Waals surface area contributed by atoms with Crippen molar-refractivity contribution in [2.24, 2.45) is 7.05 Å². The fourth-order valence-corrected chi connectivity index (χ4v) is 3.25. The molecule has 0 saturated carbocycles. The van der Waals surface area contributed by atoms with Crippen molar-refractivity contribution < 1.29 is 9.21 Å². The van der Waals surface area contributed by atoms with Crippen molar-refractivity contribution >= 4 is 16.9 Å². The minimum atomic E-state index is -0.158. The van der Waals surface area contributed by atoms with Gasteiger partial charge in [0.1, 0.15) is 5.69 Å². The summed E-state index contributed by atoms with van der Waals surface area (Å²) in [7, 11) is 1.82. The number of carbonyl (C=O) groups is 1. The Morgan fingerprint density at radius 3 is 2.74 bits per heavy atom. The second-order valence-electron chi connectivity index (χ2n) is 6.55. The summed E-state index contributed by atoms with van der Waals surface area (Å²) in [6.07, 6.45) is 1.59. The summed E-state index contributed by atoms with van der Waals surface area (Å²) in [5, 5.41) is 8.21. The standard InChI is InChI=1S/C21H20N4O2/c1-13-7-4-5-8-15(13)12-22-21(26)16-11-17(18-9-6-10-27-18)23-20-19(16)14(2)24-25(20)3/h4-11H,12H2,1-3H3,(H,22,26). The molecule has 0 unspecified atom stereocenters. The predicted octanol–water partition coefficient (Wildman–Crippen LogP) is 3.78. The summed E-state index contributed by atoms with van der Waals surface area (Å²) < 4.78 is 7.16. The number of carbonyl (C=O) groups excluding carboxylic acids is 1. The smallest absolute Gasteiger partial charge is 0.252 e. The zero-order chi connectivity index (χ0) is 19.0. The number of amides is 1. The molecule has 1 aromatic carbocycles. The highest BCUT2D eigenvalue weighted by Crippen LogP contribution is 2.27.